The largest absolute Gasteiger partial charge is 0.313 e. The molecule has 0 fully saturated rings. The Labute approximate surface area is 128 Å². The molecule has 0 radical (unpaired) electrons. The van der Waals surface area contributed by atoms with Crippen molar-refractivity contribution in [3.05, 3.63) is 54.5 Å². The zero-order chi connectivity index (χ0) is 14.5. The molecule has 3 aromatic rings. The van der Waals surface area contributed by atoms with Gasteiger partial charge in [0, 0.05) is 24.3 Å². The Balaban J connectivity index is 2.01. The van der Waals surface area contributed by atoms with E-state index in [0.29, 0.717) is 0 Å². The van der Waals surface area contributed by atoms with Crippen LogP contribution in [-0.4, -0.2) is 21.5 Å². The van der Waals surface area contributed by atoms with Crippen molar-refractivity contribution in [1.82, 2.24) is 20.3 Å². The normalized spacial score (nSPS) is 10.9. The standard InChI is InChI=1S/C16H16N4S/c1-2-17-10-13-9-12-5-3-4-6-14(12)20-16(13)21-15-11-18-7-8-19-15/h3-9,11,17H,2,10H2,1H3. The summed E-state index contributed by atoms with van der Waals surface area (Å²) < 4.78 is 0. The third-order valence-corrected chi connectivity index (χ3v) is 4.04. The van der Waals surface area contributed by atoms with Crippen LogP contribution < -0.4 is 5.32 Å². The van der Waals surface area contributed by atoms with Gasteiger partial charge in [-0.3, -0.25) is 4.98 Å². The number of nitrogens with one attached hydrogen (secondary N) is 1. The van der Waals surface area contributed by atoms with Crippen LogP contribution in [0, 0.1) is 0 Å². The zero-order valence-electron chi connectivity index (χ0n) is 11.8. The van der Waals surface area contributed by atoms with E-state index in [4.69, 9.17) is 4.98 Å². The second kappa shape index (κ2) is 6.65. The molecule has 1 aromatic carbocycles. The number of aromatic nitrogens is 3. The van der Waals surface area contributed by atoms with Crippen molar-refractivity contribution in [3.8, 4) is 0 Å². The summed E-state index contributed by atoms with van der Waals surface area (Å²) in [4.78, 5) is 13.2. The van der Waals surface area contributed by atoms with Crippen LogP contribution in [0.3, 0.4) is 0 Å². The van der Waals surface area contributed by atoms with Crippen LogP contribution in [0.4, 0.5) is 0 Å². The number of para-hydroxylation sites is 1. The van der Waals surface area contributed by atoms with Gasteiger partial charge >= 0.3 is 0 Å². The fraction of sp³-hybridized carbons (Fsp3) is 0.188. The molecule has 5 heteroatoms. The zero-order valence-corrected chi connectivity index (χ0v) is 12.6. The summed E-state index contributed by atoms with van der Waals surface area (Å²) >= 11 is 1.55. The van der Waals surface area contributed by atoms with Crippen LogP contribution in [-0.2, 0) is 6.54 Å². The first-order valence-electron chi connectivity index (χ1n) is 6.90. The Morgan fingerprint density at radius 3 is 2.90 bits per heavy atom. The van der Waals surface area contributed by atoms with Gasteiger partial charge in [-0.05, 0) is 36.0 Å². The molecule has 2 aromatic heterocycles. The maximum Gasteiger partial charge on any atom is 0.121 e. The van der Waals surface area contributed by atoms with Gasteiger partial charge in [-0.2, -0.15) is 0 Å². The first kappa shape index (κ1) is 14.0. The Bertz CT molecular complexity index is 731. The lowest BCUT2D eigenvalue weighted by Crippen LogP contribution is -2.13. The molecule has 0 amide bonds. The number of pyridine rings is 1. The van der Waals surface area contributed by atoms with E-state index in [1.54, 1.807) is 30.4 Å². The molecule has 106 valence electrons. The maximum absolute atomic E-state index is 4.78. The molecule has 0 atom stereocenters. The third-order valence-electron chi connectivity index (χ3n) is 3.07. The van der Waals surface area contributed by atoms with Crippen molar-refractivity contribution in [2.45, 2.75) is 23.5 Å². The summed E-state index contributed by atoms with van der Waals surface area (Å²) in [6.07, 6.45) is 5.14. The number of benzene rings is 1. The van der Waals surface area contributed by atoms with E-state index in [1.807, 2.05) is 18.2 Å². The predicted molar refractivity (Wildman–Crippen MR) is 85.3 cm³/mol. The highest BCUT2D eigenvalue weighted by Crippen LogP contribution is 2.29. The summed E-state index contributed by atoms with van der Waals surface area (Å²) in [5, 5.41) is 6.37. The van der Waals surface area contributed by atoms with Crippen LogP contribution in [0.25, 0.3) is 10.9 Å². The van der Waals surface area contributed by atoms with Crippen LogP contribution in [0.15, 0.2) is 59.0 Å². The fourth-order valence-electron chi connectivity index (χ4n) is 2.05. The highest BCUT2D eigenvalue weighted by atomic mass is 32.2. The Morgan fingerprint density at radius 2 is 2.10 bits per heavy atom. The van der Waals surface area contributed by atoms with Crippen LogP contribution >= 0.6 is 11.8 Å². The molecule has 0 spiro atoms. The first-order chi connectivity index (χ1) is 10.4. The van der Waals surface area contributed by atoms with Crippen LogP contribution in [0.5, 0.6) is 0 Å². The van der Waals surface area contributed by atoms with Crippen LogP contribution in [0.1, 0.15) is 12.5 Å². The van der Waals surface area contributed by atoms with E-state index in [2.05, 4.69) is 34.3 Å². The Morgan fingerprint density at radius 1 is 1.19 bits per heavy atom. The average molecular weight is 296 g/mol. The minimum atomic E-state index is 0.803. The summed E-state index contributed by atoms with van der Waals surface area (Å²) in [7, 11) is 0. The summed E-state index contributed by atoms with van der Waals surface area (Å²) in [6, 6.07) is 10.4. The minimum absolute atomic E-state index is 0.803. The van der Waals surface area contributed by atoms with Gasteiger partial charge in [0.2, 0.25) is 0 Å². The molecule has 2 heterocycles. The van der Waals surface area contributed by atoms with E-state index in [-0.39, 0.29) is 0 Å². The van der Waals surface area contributed by atoms with Gasteiger partial charge < -0.3 is 5.32 Å². The fourth-order valence-corrected chi connectivity index (χ4v) is 2.89. The van der Waals surface area contributed by atoms with E-state index in [9.17, 15) is 0 Å². The van der Waals surface area contributed by atoms with E-state index < -0.39 is 0 Å². The topological polar surface area (TPSA) is 50.7 Å². The maximum atomic E-state index is 4.78. The molecule has 1 N–H and O–H groups in total. The predicted octanol–water partition coefficient (Wildman–Crippen LogP) is 3.29. The van der Waals surface area contributed by atoms with Gasteiger partial charge in [-0.25, -0.2) is 9.97 Å². The number of rotatable bonds is 5. The molecular weight excluding hydrogens is 280 g/mol. The first-order valence-corrected chi connectivity index (χ1v) is 7.71. The smallest absolute Gasteiger partial charge is 0.121 e. The van der Waals surface area contributed by atoms with Gasteiger partial charge in [0.25, 0.3) is 0 Å². The van der Waals surface area contributed by atoms with Crippen molar-refractivity contribution in [2.75, 3.05) is 6.54 Å². The second-order valence-corrected chi connectivity index (χ2v) is 5.58. The van der Waals surface area contributed by atoms with Crippen LogP contribution in [0.2, 0.25) is 0 Å². The molecule has 21 heavy (non-hydrogen) atoms. The summed E-state index contributed by atoms with van der Waals surface area (Å²) in [5.41, 5.74) is 2.19. The van der Waals surface area contributed by atoms with E-state index in [0.717, 1.165) is 34.0 Å². The molecule has 0 unspecified atom stereocenters. The molecule has 0 aliphatic carbocycles. The molecule has 0 aliphatic rings. The van der Waals surface area contributed by atoms with E-state index in [1.165, 1.54) is 5.56 Å². The summed E-state index contributed by atoms with van der Waals surface area (Å²) in [5.74, 6) is 0. The average Bonchev–Trinajstić information content (AvgIpc) is 2.54. The minimum Gasteiger partial charge on any atom is -0.313 e. The van der Waals surface area contributed by atoms with Gasteiger partial charge in [-0.15, -0.1) is 0 Å². The van der Waals surface area contributed by atoms with Crippen molar-refractivity contribution in [2.24, 2.45) is 0 Å². The van der Waals surface area contributed by atoms with Crippen molar-refractivity contribution >= 4 is 22.7 Å². The number of hydrogen-bond donors (Lipinski definition) is 1. The highest BCUT2D eigenvalue weighted by molar-refractivity contribution is 7.99. The molecule has 3 rings (SSSR count). The molecule has 0 saturated carbocycles. The van der Waals surface area contributed by atoms with E-state index >= 15 is 0 Å². The number of nitrogens with zero attached hydrogens (tertiary/aromatic N) is 3. The molecule has 0 saturated heterocycles. The summed E-state index contributed by atoms with van der Waals surface area (Å²) in [6.45, 7) is 3.84. The van der Waals surface area contributed by atoms with Gasteiger partial charge in [0.1, 0.15) is 10.1 Å². The highest BCUT2D eigenvalue weighted by Gasteiger charge is 2.09. The number of hydrogen-bond acceptors (Lipinski definition) is 5. The molecule has 4 nitrogen and oxygen atoms in total. The lowest BCUT2D eigenvalue weighted by molar-refractivity contribution is 0.713. The lowest BCUT2D eigenvalue weighted by Gasteiger charge is -2.10. The van der Waals surface area contributed by atoms with Crippen molar-refractivity contribution < 1.29 is 0 Å². The van der Waals surface area contributed by atoms with Gasteiger partial charge in [-0.1, -0.05) is 25.1 Å². The monoisotopic (exact) mass is 296 g/mol. The molecular formula is C16H16N4S. The Hall–Kier alpha value is -1.98. The van der Waals surface area contributed by atoms with Crippen molar-refractivity contribution in [3.63, 3.8) is 0 Å². The second-order valence-electron chi connectivity index (χ2n) is 4.57. The molecule has 0 bridgehead atoms. The SMILES string of the molecule is CCNCc1cc2ccccc2nc1Sc1cnccn1. The lowest BCUT2D eigenvalue weighted by atomic mass is 10.1. The Kier molecular flexibility index (Phi) is 4.43. The van der Waals surface area contributed by atoms with Crippen molar-refractivity contribution in [1.29, 1.82) is 0 Å². The third kappa shape index (κ3) is 3.37. The van der Waals surface area contributed by atoms with Gasteiger partial charge in [0.15, 0.2) is 0 Å². The quantitative estimate of drug-likeness (QED) is 0.783. The molecule has 0 aliphatic heterocycles. The number of fused-ring (bicyclic) bond motifs is 1. The van der Waals surface area contributed by atoms with Gasteiger partial charge in [0.05, 0.1) is 11.7 Å².